The molecule has 127 valence electrons. The first-order chi connectivity index (χ1) is 8.67. The Morgan fingerprint density at radius 3 is 0.952 bits per heavy atom. The van der Waals surface area contributed by atoms with Crippen LogP contribution in [0, 0.1) is 0 Å². The number of hydrazone groups is 2. The summed E-state index contributed by atoms with van der Waals surface area (Å²) in [7, 11) is 7.20. The molecular weight excluding hydrogens is 315 g/mol. The van der Waals surface area contributed by atoms with Gasteiger partial charge < -0.3 is 20.2 Å². The van der Waals surface area contributed by atoms with E-state index in [1.807, 2.05) is 0 Å². The van der Waals surface area contributed by atoms with Crippen molar-refractivity contribution in [1.82, 2.24) is 10.0 Å². The van der Waals surface area contributed by atoms with Gasteiger partial charge in [-0.1, -0.05) is 38.9 Å². The van der Waals surface area contributed by atoms with E-state index in [-0.39, 0.29) is 16.8 Å². The van der Waals surface area contributed by atoms with Gasteiger partial charge in [-0.25, -0.2) is 0 Å². The molecule has 0 aliphatic carbocycles. The molecule has 0 saturated heterocycles. The molecule has 7 heteroatoms. The average Bonchev–Trinajstić information content (AvgIpc) is 2.13. The maximum absolute atomic E-state index is 11.2. The van der Waals surface area contributed by atoms with E-state index < -0.39 is 11.2 Å². The van der Waals surface area contributed by atoms with Crippen molar-refractivity contribution in [1.29, 1.82) is 0 Å². The van der Waals surface area contributed by atoms with Crippen molar-refractivity contribution >= 4 is 11.4 Å². The van der Waals surface area contributed by atoms with E-state index in [0.29, 0.717) is 11.4 Å². The van der Waals surface area contributed by atoms with Gasteiger partial charge in [0, 0.05) is 39.6 Å². The fourth-order valence-electron chi connectivity index (χ4n) is 0.841. The largest absolute Gasteiger partial charge is 2.00 e. The van der Waals surface area contributed by atoms with Crippen LogP contribution >= 0.6 is 0 Å². The molecule has 0 fully saturated rings. The number of hydrogen-bond acceptors (Lipinski definition) is 6. The summed E-state index contributed by atoms with van der Waals surface area (Å²) >= 11 is 0. The molecule has 0 heterocycles. The van der Waals surface area contributed by atoms with Crippen LogP contribution < -0.4 is 10.2 Å². The van der Waals surface area contributed by atoms with Crippen molar-refractivity contribution in [2.45, 2.75) is 52.7 Å². The van der Waals surface area contributed by atoms with Gasteiger partial charge in [-0.3, -0.25) is 0 Å². The van der Waals surface area contributed by atoms with Crippen LogP contribution in [-0.4, -0.2) is 60.8 Å². The van der Waals surface area contributed by atoms with Crippen molar-refractivity contribution in [3.8, 4) is 0 Å². The minimum atomic E-state index is -1.05. The minimum Gasteiger partial charge on any atom is -0.845 e. The molecule has 1 radical (unpaired) electrons. The molecular formula is C14H30CoN4O2. The van der Waals surface area contributed by atoms with E-state index in [1.165, 1.54) is 0 Å². The summed E-state index contributed by atoms with van der Waals surface area (Å²) in [5, 5.41) is 33.6. The van der Waals surface area contributed by atoms with Crippen LogP contribution in [0.4, 0.5) is 0 Å². The number of rotatable bonds is 4. The second-order valence-electron chi connectivity index (χ2n) is 6.09. The van der Waals surface area contributed by atoms with Crippen LogP contribution in [-0.2, 0) is 16.8 Å². The van der Waals surface area contributed by atoms with Crippen LogP contribution in [0.25, 0.3) is 0 Å². The summed E-state index contributed by atoms with van der Waals surface area (Å²) in [6.07, 6.45) is 0. The topological polar surface area (TPSA) is 77.3 Å². The van der Waals surface area contributed by atoms with E-state index in [4.69, 9.17) is 0 Å². The second-order valence-corrected chi connectivity index (χ2v) is 6.09. The second kappa shape index (κ2) is 10.2. The normalized spacial score (nSPS) is 13.0. The Morgan fingerprint density at radius 2 is 0.905 bits per heavy atom. The average molecular weight is 345 g/mol. The fourth-order valence-corrected chi connectivity index (χ4v) is 0.841. The minimum absolute atomic E-state index is 0. The third-order valence-electron chi connectivity index (χ3n) is 2.44. The van der Waals surface area contributed by atoms with Gasteiger partial charge in [0.15, 0.2) is 0 Å². The van der Waals surface area contributed by atoms with Crippen LogP contribution in [0.1, 0.15) is 41.5 Å². The summed E-state index contributed by atoms with van der Waals surface area (Å²) in [5.74, 6) is 0. The smallest absolute Gasteiger partial charge is 0.845 e. The molecule has 0 aromatic rings. The van der Waals surface area contributed by atoms with Gasteiger partial charge in [-0.15, -0.1) is 0 Å². The van der Waals surface area contributed by atoms with Crippen molar-refractivity contribution in [2.75, 3.05) is 28.2 Å². The summed E-state index contributed by atoms with van der Waals surface area (Å²) in [6.45, 7) is 9.91. The Bertz CT molecular complexity index is 306. The molecule has 0 aliphatic heterocycles. The molecule has 0 amide bonds. The maximum atomic E-state index is 11.2. The zero-order valence-electron chi connectivity index (χ0n) is 14.9. The third-order valence-corrected chi connectivity index (χ3v) is 2.44. The van der Waals surface area contributed by atoms with Gasteiger partial charge in [0.25, 0.3) is 0 Å². The van der Waals surface area contributed by atoms with E-state index in [1.54, 1.807) is 79.8 Å². The molecule has 0 aromatic heterocycles. The van der Waals surface area contributed by atoms with Gasteiger partial charge in [0.05, 0.1) is 0 Å². The van der Waals surface area contributed by atoms with Crippen molar-refractivity contribution in [3.05, 3.63) is 0 Å². The van der Waals surface area contributed by atoms with Gasteiger partial charge in [0.2, 0.25) is 0 Å². The number of hydrogen-bond donors (Lipinski definition) is 0. The summed E-state index contributed by atoms with van der Waals surface area (Å²) in [6, 6.07) is 0. The molecule has 0 spiro atoms. The van der Waals surface area contributed by atoms with Gasteiger partial charge in [-0.2, -0.15) is 10.2 Å². The molecule has 0 saturated carbocycles. The van der Waals surface area contributed by atoms with Crippen molar-refractivity contribution in [2.24, 2.45) is 10.2 Å². The Labute approximate surface area is 140 Å². The Hall–Kier alpha value is -0.634. The van der Waals surface area contributed by atoms with Gasteiger partial charge in [-0.05, 0) is 13.8 Å². The van der Waals surface area contributed by atoms with E-state index in [2.05, 4.69) is 10.2 Å². The van der Waals surface area contributed by atoms with Gasteiger partial charge >= 0.3 is 16.8 Å². The summed E-state index contributed by atoms with van der Waals surface area (Å²) < 4.78 is 0. The summed E-state index contributed by atoms with van der Waals surface area (Å²) in [4.78, 5) is 0. The molecule has 0 unspecified atom stereocenters. The quantitative estimate of drug-likeness (QED) is 0.536. The monoisotopic (exact) mass is 345 g/mol. The molecule has 0 aliphatic rings. The fraction of sp³-hybridized carbons (Fsp3) is 0.857. The van der Waals surface area contributed by atoms with Crippen LogP contribution in [0.5, 0.6) is 0 Å². The van der Waals surface area contributed by atoms with E-state index >= 15 is 0 Å². The first-order valence-corrected chi connectivity index (χ1v) is 6.54. The Morgan fingerprint density at radius 1 is 0.714 bits per heavy atom. The molecule has 6 nitrogen and oxygen atoms in total. The number of nitrogens with zero attached hydrogens (tertiary/aromatic N) is 4. The SMILES string of the molecule is CC(=NN(C)C)C(C)(C)[O-].CC(=NN(C)C)C(C)(C)[O-].[Co+2]. The maximum Gasteiger partial charge on any atom is 2.00 e. The zero-order chi connectivity index (χ0) is 16.7. The zero-order valence-corrected chi connectivity index (χ0v) is 16.0. The first kappa shape index (κ1) is 25.3. The predicted octanol–water partition coefficient (Wildman–Crippen LogP) is 0.123. The summed E-state index contributed by atoms with van der Waals surface area (Å²) in [5.41, 5.74) is -0.885. The van der Waals surface area contributed by atoms with Crippen LogP contribution in [0.3, 0.4) is 0 Å². The molecule has 0 atom stereocenters. The standard InChI is InChI=1S/2C7H15N2O.Co/c2*1-6(7(2,3)10)8-9(4)5;/h2*1-5H3;/q2*-1;+2. The van der Waals surface area contributed by atoms with Crippen molar-refractivity contribution < 1.29 is 27.0 Å². The van der Waals surface area contributed by atoms with E-state index in [9.17, 15) is 10.2 Å². The third kappa shape index (κ3) is 15.6. The van der Waals surface area contributed by atoms with Crippen LogP contribution in [0.2, 0.25) is 0 Å². The molecule has 0 rings (SSSR count). The first-order valence-electron chi connectivity index (χ1n) is 6.54. The van der Waals surface area contributed by atoms with E-state index in [0.717, 1.165) is 0 Å². The molecule has 0 N–H and O–H groups in total. The molecule has 0 bridgehead atoms. The predicted molar refractivity (Wildman–Crippen MR) is 81.8 cm³/mol. The Balaban J connectivity index is -0.000000295. The van der Waals surface area contributed by atoms with Gasteiger partial charge in [0.1, 0.15) is 0 Å². The Kier molecular flexibility index (Phi) is 12.2. The molecule has 21 heavy (non-hydrogen) atoms. The molecule has 0 aromatic carbocycles. The van der Waals surface area contributed by atoms with Crippen molar-refractivity contribution in [3.63, 3.8) is 0 Å². The van der Waals surface area contributed by atoms with Crippen LogP contribution in [0.15, 0.2) is 10.2 Å².